The van der Waals surface area contributed by atoms with Gasteiger partial charge in [0.05, 0.1) is 17.0 Å². The zero-order valence-electron chi connectivity index (χ0n) is 11.5. The van der Waals surface area contributed by atoms with Crippen LogP contribution in [0.1, 0.15) is 22.8 Å². The third-order valence-electron chi connectivity index (χ3n) is 3.10. The standard InChI is InChI=1S/C13H10F2N2O5/c1-3-22-13(19)6-4-16-10-5(2)8(14)9(15)11(17(20)21)7(10)12(6)18/h4H,3H2,1-2H3,(H,16,18). The number of nitrogens with one attached hydrogen (secondary N) is 1. The van der Waals surface area contributed by atoms with Gasteiger partial charge in [0.25, 0.3) is 0 Å². The number of fused-ring (bicyclic) bond motifs is 1. The van der Waals surface area contributed by atoms with Gasteiger partial charge in [-0.15, -0.1) is 0 Å². The number of carbonyl (C=O) groups excluding carboxylic acids is 1. The Hall–Kier alpha value is -2.84. The van der Waals surface area contributed by atoms with Crippen molar-refractivity contribution in [2.24, 2.45) is 0 Å². The van der Waals surface area contributed by atoms with Crippen LogP contribution in [0.15, 0.2) is 11.0 Å². The highest BCUT2D eigenvalue weighted by Gasteiger charge is 2.30. The summed E-state index contributed by atoms with van der Waals surface area (Å²) in [6.45, 7) is 2.65. The topological polar surface area (TPSA) is 102 Å². The lowest BCUT2D eigenvalue weighted by molar-refractivity contribution is -0.386. The summed E-state index contributed by atoms with van der Waals surface area (Å²) in [6.07, 6.45) is 0.955. The molecule has 0 saturated carbocycles. The number of nitro groups is 1. The Labute approximate surface area is 121 Å². The molecule has 116 valence electrons. The molecule has 0 atom stereocenters. The minimum absolute atomic E-state index is 0.0186. The van der Waals surface area contributed by atoms with Gasteiger partial charge in [-0.3, -0.25) is 14.9 Å². The summed E-state index contributed by atoms with van der Waals surface area (Å²) in [5.41, 5.74) is -3.48. The number of ether oxygens (including phenoxy) is 1. The average Bonchev–Trinajstić information content (AvgIpc) is 2.46. The third-order valence-corrected chi connectivity index (χ3v) is 3.10. The van der Waals surface area contributed by atoms with Gasteiger partial charge in [0.1, 0.15) is 10.9 Å². The van der Waals surface area contributed by atoms with Gasteiger partial charge in [-0.2, -0.15) is 4.39 Å². The fourth-order valence-electron chi connectivity index (χ4n) is 2.07. The lowest BCUT2D eigenvalue weighted by atomic mass is 10.0. The number of esters is 1. The van der Waals surface area contributed by atoms with Crippen molar-refractivity contribution >= 4 is 22.6 Å². The van der Waals surface area contributed by atoms with Crippen LogP contribution in [0.3, 0.4) is 0 Å². The van der Waals surface area contributed by atoms with Crippen LogP contribution in [0.4, 0.5) is 14.5 Å². The van der Waals surface area contributed by atoms with Crippen LogP contribution < -0.4 is 5.43 Å². The first-order valence-electron chi connectivity index (χ1n) is 6.15. The van der Waals surface area contributed by atoms with Crippen LogP contribution in [0.25, 0.3) is 10.9 Å². The summed E-state index contributed by atoms with van der Waals surface area (Å²) in [5, 5.41) is 10.3. The first kappa shape index (κ1) is 15.5. The van der Waals surface area contributed by atoms with Crippen LogP contribution in [-0.2, 0) is 4.74 Å². The van der Waals surface area contributed by atoms with Gasteiger partial charge in [0.15, 0.2) is 5.82 Å². The molecule has 0 aliphatic rings. The molecule has 0 bridgehead atoms. The van der Waals surface area contributed by atoms with E-state index in [0.717, 1.165) is 13.1 Å². The summed E-state index contributed by atoms with van der Waals surface area (Å²) in [5.74, 6) is -4.19. The molecule has 0 spiro atoms. The number of carbonyl (C=O) groups is 1. The molecule has 9 heteroatoms. The second-order valence-corrected chi connectivity index (χ2v) is 4.36. The fraction of sp³-hybridized carbons (Fsp3) is 0.231. The van der Waals surface area contributed by atoms with E-state index in [9.17, 15) is 28.5 Å². The maximum absolute atomic E-state index is 13.8. The molecule has 1 heterocycles. The number of aromatic amines is 1. The van der Waals surface area contributed by atoms with E-state index in [0.29, 0.717) is 0 Å². The second-order valence-electron chi connectivity index (χ2n) is 4.36. The number of nitro benzene ring substituents is 1. The zero-order valence-corrected chi connectivity index (χ0v) is 11.5. The van der Waals surface area contributed by atoms with E-state index in [1.807, 2.05) is 0 Å². The molecule has 22 heavy (non-hydrogen) atoms. The van der Waals surface area contributed by atoms with Gasteiger partial charge in [-0.25, -0.2) is 9.18 Å². The van der Waals surface area contributed by atoms with E-state index in [1.54, 1.807) is 0 Å². The lowest BCUT2D eigenvalue weighted by Crippen LogP contribution is -2.20. The predicted molar refractivity (Wildman–Crippen MR) is 71.8 cm³/mol. The Balaban J connectivity index is 2.98. The number of aromatic nitrogens is 1. The second kappa shape index (κ2) is 5.51. The number of benzene rings is 1. The Morgan fingerprint density at radius 1 is 1.41 bits per heavy atom. The highest BCUT2D eigenvalue weighted by Crippen LogP contribution is 2.30. The molecular formula is C13H10F2N2O5. The third kappa shape index (κ3) is 2.20. The number of hydrogen-bond acceptors (Lipinski definition) is 5. The summed E-state index contributed by atoms with van der Waals surface area (Å²) in [4.78, 5) is 36.1. The number of nitrogens with zero attached hydrogens (tertiary/aromatic N) is 1. The van der Waals surface area contributed by atoms with Crippen molar-refractivity contribution in [3.63, 3.8) is 0 Å². The average molecular weight is 312 g/mol. The van der Waals surface area contributed by atoms with Crippen LogP contribution in [-0.4, -0.2) is 22.5 Å². The molecule has 0 aliphatic carbocycles. The molecular weight excluding hydrogens is 302 g/mol. The summed E-state index contributed by atoms with van der Waals surface area (Å²) >= 11 is 0. The molecule has 0 fully saturated rings. The highest BCUT2D eigenvalue weighted by atomic mass is 19.2. The molecule has 0 unspecified atom stereocenters. The van der Waals surface area contributed by atoms with Crippen molar-refractivity contribution in [2.75, 3.05) is 6.61 Å². The van der Waals surface area contributed by atoms with Crippen molar-refractivity contribution < 1.29 is 23.2 Å². The maximum Gasteiger partial charge on any atom is 0.343 e. The van der Waals surface area contributed by atoms with E-state index in [2.05, 4.69) is 9.72 Å². The molecule has 2 aromatic rings. The highest BCUT2D eigenvalue weighted by molar-refractivity contribution is 5.97. The number of hydrogen-bond donors (Lipinski definition) is 1. The number of pyridine rings is 1. The van der Waals surface area contributed by atoms with E-state index < -0.39 is 44.6 Å². The van der Waals surface area contributed by atoms with Crippen molar-refractivity contribution in [1.29, 1.82) is 0 Å². The van der Waals surface area contributed by atoms with Gasteiger partial charge in [0, 0.05) is 11.8 Å². The van der Waals surface area contributed by atoms with Crippen LogP contribution >= 0.6 is 0 Å². The summed E-state index contributed by atoms with van der Waals surface area (Å²) < 4.78 is 32.2. The zero-order chi connectivity index (χ0) is 16.6. The Morgan fingerprint density at radius 2 is 2.05 bits per heavy atom. The van der Waals surface area contributed by atoms with Crippen LogP contribution in [0, 0.1) is 28.7 Å². The maximum atomic E-state index is 13.8. The van der Waals surface area contributed by atoms with Crippen molar-refractivity contribution in [1.82, 2.24) is 4.98 Å². The normalized spacial score (nSPS) is 10.7. The molecule has 0 aliphatic heterocycles. The van der Waals surface area contributed by atoms with Gasteiger partial charge >= 0.3 is 11.7 Å². The minimum atomic E-state index is -1.75. The lowest BCUT2D eigenvalue weighted by Gasteiger charge is -2.08. The van der Waals surface area contributed by atoms with E-state index in [-0.39, 0.29) is 17.7 Å². The first-order valence-corrected chi connectivity index (χ1v) is 6.15. The minimum Gasteiger partial charge on any atom is -0.462 e. The SMILES string of the molecule is CCOC(=O)c1c[nH]c2c(C)c(F)c(F)c([N+](=O)[O-])c2c1=O. The number of halogens is 2. The first-order chi connectivity index (χ1) is 10.3. The van der Waals surface area contributed by atoms with Gasteiger partial charge < -0.3 is 9.72 Å². The molecule has 0 amide bonds. The molecule has 1 aromatic carbocycles. The molecule has 0 saturated heterocycles. The van der Waals surface area contributed by atoms with Gasteiger partial charge in [-0.05, 0) is 13.8 Å². The van der Waals surface area contributed by atoms with E-state index in [4.69, 9.17) is 0 Å². The Bertz CT molecular complexity index is 860. The molecule has 1 aromatic heterocycles. The number of aryl methyl sites for hydroxylation is 1. The summed E-state index contributed by atoms with van der Waals surface area (Å²) in [6, 6.07) is 0. The predicted octanol–water partition coefficient (Wildman–Crippen LogP) is 2.20. The molecule has 2 rings (SSSR count). The largest absolute Gasteiger partial charge is 0.462 e. The molecule has 0 radical (unpaired) electrons. The number of rotatable bonds is 3. The van der Waals surface area contributed by atoms with Crippen LogP contribution in [0.2, 0.25) is 0 Å². The van der Waals surface area contributed by atoms with Gasteiger partial charge in [0.2, 0.25) is 11.2 Å². The number of H-pyrrole nitrogens is 1. The van der Waals surface area contributed by atoms with Crippen molar-refractivity contribution in [3.8, 4) is 0 Å². The molecule has 7 nitrogen and oxygen atoms in total. The monoisotopic (exact) mass is 312 g/mol. The fourth-order valence-corrected chi connectivity index (χ4v) is 2.07. The van der Waals surface area contributed by atoms with Crippen molar-refractivity contribution in [2.45, 2.75) is 13.8 Å². The van der Waals surface area contributed by atoms with Crippen LogP contribution in [0.5, 0.6) is 0 Å². The van der Waals surface area contributed by atoms with E-state index >= 15 is 0 Å². The Kier molecular flexibility index (Phi) is 3.89. The smallest absolute Gasteiger partial charge is 0.343 e. The van der Waals surface area contributed by atoms with E-state index in [1.165, 1.54) is 6.92 Å². The van der Waals surface area contributed by atoms with Gasteiger partial charge in [-0.1, -0.05) is 0 Å². The quantitative estimate of drug-likeness (QED) is 0.531. The Morgan fingerprint density at radius 3 is 2.59 bits per heavy atom. The van der Waals surface area contributed by atoms with Crippen molar-refractivity contribution in [3.05, 3.63) is 49.3 Å². The summed E-state index contributed by atoms with van der Waals surface area (Å²) in [7, 11) is 0. The molecule has 1 N–H and O–H groups in total.